The third kappa shape index (κ3) is 4.04. The molecule has 1 N–H and O–H groups in total. The van der Waals surface area contributed by atoms with Crippen molar-refractivity contribution >= 4 is 40.9 Å². The van der Waals surface area contributed by atoms with Crippen LogP contribution in [0.3, 0.4) is 0 Å². The minimum absolute atomic E-state index is 0.0250. The van der Waals surface area contributed by atoms with Gasteiger partial charge in [0, 0.05) is 23.0 Å². The quantitative estimate of drug-likeness (QED) is 0.862. The standard InChI is InChI=1S/C14H17Cl2NO2S/c1-9-4-5-17(7-12(9)18)14(19)8-20-13-6-10(15)2-3-11(13)16/h2-3,6,9,12,18H,4-5,7-8H2,1H3. The zero-order chi connectivity index (χ0) is 14.7. The summed E-state index contributed by atoms with van der Waals surface area (Å²) in [6, 6.07) is 5.20. The van der Waals surface area contributed by atoms with E-state index < -0.39 is 6.10 Å². The van der Waals surface area contributed by atoms with Crippen molar-refractivity contribution < 1.29 is 9.90 Å². The van der Waals surface area contributed by atoms with Gasteiger partial charge in [0.05, 0.1) is 16.9 Å². The molecule has 2 atom stereocenters. The number of nitrogens with zero attached hydrogens (tertiary/aromatic N) is 1. The van der Waals surface area contributed by atoms with Crippen LogP contribution < -0.4 is 0 Å². The van der Waals surface area contributed by atoms with Crippen LogP contribution in [-0.4, -0.2) is 40.9 Å². The van der Waals surface area contributed by atoms with Crippen molar-refractivity contribution in [2.24, 2.45) is 5.92 Å². The molecule has 0 aromatic heterocycles. The summed E-state index contributed by atoms with van der Waals surface area (Å²) in [5.41, 5.74) is 0. The first-order valence-corrected chi connectivity index (χ1v) is 8.25. The predicted octanol–water partition coefficient (Wildman–Crippen LogP) is 3.31. The molecule has 0 bridgehead atoms. The third-order valence-corrected chi connectivity index (χ3v) is 5.23. The highest BCUT2D eigenvalue weighted by molar-refractivity contribution is 8.00. The maximum absolute atomic E-state index is 12.1. The summed E-state index contributed by atoms with van der Waals surface area (Å²) in [5.74, 6) is 0.590. The number of carbonyl (C=O) groups is 1. The van der Waals surface area contributed by atoms with E-state index in [-0.39, 0.29) is 11.8 Å². The van der Waals surface area contributed by atoms with Gasteiger partial charge in [0.15, 0.2) is 0 Å². The summed E-state index contributed by atoms with van der Waals surface area (Å²) >= 11 is 13.4. The van der Waals surface area contributed by atoms with Gasteiger partial charge in [-0.1, -0.05) is 30.1 Å². The number of hydrogen-bond donors (Lipinski definition) is 1. The largest absolute Gasteiger partial charge is 0.391 e. The van der Waals surface area contributed by atoms with E-state index in [4.69, 9.17) is 23.2 Å². The Morgan fingerprint density at radius 2 is 2.25 bits per heavy atom. The Hall–Kier alpha value is -0.420. The van der Waals surface area contributed by atoms with Crippen LogP contribution in [0, 0.1) is 5.92 Å². The molecule has 1 aliphatic heterocycles. The molecule has 0 radical (unpaired) electrons. The first kappa shape index (κ1) is 16.0. The lowest BCUT2D eigenvalue weighted by atomic mass is 9.96. The van der Waals surface area contributed by atoms with E-state index in [1.165, 1.54) is 11.8 Å². The average Bonchev–Trinajstić information content (AvgIpc) is 2.42. The number of aliphatic hydroxyl groups excluding tert-OH is 1. The summed E-state index contributed by atoms with van der Waals surface area (Å²) in [7, 11) is 0. The highest BCUT2D eigenvalue weighted by Gasteiger charge is 2.27. The number of hydrogen-bond acceptors (Lipinski definition) is 3. The summed E-state index contributed by atoms with van der Waals surface area (Å²) in [5, 5.41) is 11.0. The fourth-order valence-electron chi connectivity index (χ4n) is 2.09. The van der Waals surface area contributed by atoms with Gasteiger partial charge in [-0.2, -0.15) is 0 Å². The summed E-state index contributed by atoms with van der Waals surface area (Å²) in [4.78, 5) is 14.7. The van der Waals surface area contributed by atoms with Crippen molar-refractivity contribution in [3.63, 3.8) is 0 Å². The van der Waals surface area contributed by atoms with Crippen molar-refractivity contribution in [2.45, 2.75) is 24.3 Å². The fourth-order valence-corrected chi connectivity index (χ4v) is 3.49. The Bertz CT molecular complexity index is 498. The van der Waals surface area contributed by atoms with E-state index in [0.717, 1.165) is 11.3 Å². The van der Waals surface area contributed by atoms with Crippen molar-refractivity contribution in [3.05, 3.63) is 28.2 Å². The first-order chi connectivity index (χ1) is 9.47. The van der Waals surface area contributed by atoms with Gasteiger partial charge < -0.3 is 10.0 Å². The Morgan fingerprint density at radius 1 is 1.50 bits per heavy atom. The van der Waals surface area contributed by atoms with Crippen LogP contribution >= 0.6 is 35.0 Å². The summed E-state index contributed by atoms with van der Waals surface area (Å²) < 4.78 is 0. The van der Waals surface area contributed by atoms with Gasteiger partial charge in [-0.05, 0) is 30.5 Å². The molecule has 2 unspecified atom stereocenters. The van der Waals surface area contributed by atoms with E-state index in [2.05, 4.69) is 0 Å². The van der Waals surface area contributed by atoms with Gasteiger partial charge in [0.2, 0.25) is 5.91 Å². The van der Waals surface area contributed by atoms with Crippen LogP contribution in [0.5, 0.6) is 0 Å². The number of amides is 1. The molecular formula is C14H17Cl2NO2S. The highest BCUT2D eigenvalue weighted by atomic mass is 35.5. The number of carbonyl (C=O) groups excluding carboxylic acids is 1. The number of rotatable bonds is 3. The minimum Gasteiger partial charge on any atom is -0.391 e. The van der Waals surface area contributed by atoms with Crippen molar-refractivity contribution in [1.29, 1.82) is 0 Å². The SMILES string of the molecule is CC1CCN(C(=O)CSc2cc(Cl)ccc2Cl)CC1O. The highest BCUT2D eigenvalue weighted by Crippen LogP contribution is 2.30. The summed E-state index contributed by atoms with van der Waals surface area (Å²) in [6.45, 7) is 3.14. The second-order valence-electron chi connectivity index (χ2n) is 5.04. The molecule has 6 heteroatoms. The molecule has 0 saturated carbocycles. The van der Waals surface area contributed by atoms with Crippen LogP contribution in [0.1, 0.15) is 13.3 Å². The second kappa shape index (κ2) is 7.03. The monoisotopic (exact) mass is 333 g/mol. The number of piperidine rings is 1. The molecule has 1 aliphatic rings. The molecule has 110 valence electrons. The van der Waals surface area contributed by atoms with Crippen molar-refractivity contribution in [2.75, 3.05) is 18.8 Å². The molecule has 1 fully saturated rings. The first-order valence-electron chi connectivity index (χ1n) is 6.51. The zero-order valence-corrected chi connectivity index (χ0v) is 13.5. The molecule has 1 saturated heterocycles. The van der Waals surface area contributed by atoms with Crippen molar-refractivity contribution in [3.8, 4) is 0 Å². The topological polar surface area (TPSA) is 40.5 Å². The van der Waals surface area contributed by atoms with Crippen LogP contribution in [-0.2, 0) is 4.79 Å². The van der Waals surface area contributed by atoms with Gasteiger partial charge in [-0.3, -0.25) is 4.79 Å². The van der Waals surface area contributed by atoms with Crippen LogP contribution in [0.4, 0.5) is 0 Å². The minimum atomic E-state index is -0.424. The molecule has 3 nitrogen and oxygen atoms in total. The van der Waals surface area contributed by atoms with Gasteiger partial charge in [-0.15, -0.1) is 11.8 Å². The van der Waals surface area contributed by atoms with E-state index >= 15 is 0 Å². The average molecular weight is 334 g/mol. The van der Waals surface area contributed by atoms with E-state index in [9.17, 15) is 9.90 Å². The maximum Gasteiger partial charge on any atom is 0.233 e. The number of halogens is 2. The molecule has 0 aliphatic carbocycles. The van der Waals surface area contributed by atoms with Crippen LogP contribution in [0.15, 0.2) is 23.1 Å². The normalized spacial score (nSPS) is 22.9. The lowest BCUT2D eigenvalue weighted by molar-refractivity contribution is -0.132. The Balaban J connectivity index is 1.90. The molecule has 2 rings (SSSR count). The number of β-amino-alcohol motifs (C(OH)–C–C–N with tert-alkyl or cyclic N) is 1. The Kier molecular flexibility index (Phi) is 5.61. The molecule has 1 amide bonds. The van der Waals surface area contributed by atoms with E-state index in [0.29, 0.717) is 28.9 Å². The third-order valence-electron chi connectivity index (χ3n) is 3.52. The Morgan fingerprint density at radius 3 is 2.95 bits per heavy atom. The molecule has 0 spiro atoms. The smallest absolute Gasteiger partial charge is 0.233 e. The van der Waals surface area contributed by atoms with Crippen LogP contribution in [0.25, 0.3) is 0 Å². The number of likely N-dealkylation sites (tertiary alicyclic amines) is 1. The number of benzene rings is 1. The van der Waals surface area contributed by atoms with Gasteiger partial charge in [0.25, 0.3) is 0 Å². The predicted molar refractivity (Wildman–Crippen MR) is 83.6 cm³/mol. The van der Waals surface area contributed by atoms with Crippen molar-refractivity contribution in [1.82, 2.24) is 4.90 Å². The van der Waals surface area contributed by atoms with Gasteiger partial charge in [0.1, 0.15) is 0 Å². The van der Waals surface area contributed by atoms with Gasteiger partial charge >= 0.3 is 0 Å². The zero-order valence-electron chi connectivity index (χ0n) is 11.2. The maximum atomic E-state index is 12.1. The Labute approximate surface area is 133 Å². The lowest BCUT2D eigenvalue weighted by Gasteiger charge is -2.34. The molecule has 1 heterocycles. The molecule has 20 heavy (non-hydrogen) atoms. The second-order valence-corrected chi connectivity index (χ2v) is 6.90. The fraction of sp³-hybridized carbons (Fsp3) is 0.500. The van der Waals surface area contributed by atoms with E-state index in [1.807, 2.05) is 6.92 Å². The summed E-state index contributed by atoms with van der Waals surface area (Å²) in [6.07, 6.45) is 0.419. The van der Waals surface area contributed by atoms with Gasteiger partial charge in [-0.25, -0.2) is 0 Å². The molecular weight excluding hydrogens is 317 g/mol. The molecule has 1 aromatic rings. The number of thioether (sulfide) groups is 1. The number of aliphatic hydroxyl groups is 1. The van der Waals surface area contributed by atoms with Crippen LogP contribution in [0.2, 0.25) is 10.0 Å². The van der Waals surface area contributed by atoms with E-state index in [1.54, 1.807) is 23.1 Å². The lowest BCUT2D eigenvalue weighted by Crippen LogP contribution is -2.46. The molecule has 1 aromatic carbocycles.